The molecule has 6 unspecified atom stereocenters. The summed E-state index contributed by atoms with van der Waals surface area (Å²) in [7, 11) is 3.57. The van der Waals surface area contributed by atoms with Gasteiger partial charge in [0.25, 0.3) is 0 Å². The van der Waals surface area contributed by atoms with E-state index in [4.69, 9.17) is 37.9 Å². The highest BCUT2D eigenvalue weighted by atomic mass is 16.7. The summed E-state index contributed by atoms with van der Waals surface area (Å²) in [6, 6.07) is 5.21. The van der Waals surface area contributed by atoms with E-state index in [0.717, 1.165) is 27.2 Å². The Bertz CT molecular complexity index is 1690. The number of ether oxygens (including phenoxy) is 6. The number of aliphatic hydroxyl groups is 5. The Labute approximate surface area is 265 Å². The number of carboxylic acid groups (broad SMARTS) is 1. The summed E-state index contributed by atoms with van der Waals surface area (Å²) in [6.07, 6.45) is -9.25. The minimum Gasteiger partial charge on any atom is -0.504 e. The van der Waals surface area contributed by atoms with Gasteiger partial charge in [0.1, 0.15) is 35.6 Å². The molecular weight excluding hydrogens is 632 g/mol. The molecule has 2 aromatic carbocycles. The predicted octanol–water partition coefficient (Wildman–Crippen LogP) is -0.109. The first-order valence-electron chi connectivity index (χ1n) is 13.9. The average Bonchev–Trinajstić information content (AvgIpc) is 3.00. The van der Waals surface area contributed by atoms with Gasteiger partial charge in [0.2, 0.25) is 23.5 Å². The minimum atomic E-state index is -1.99. The summed E-state index contributed by atoms with van der Waals surface area (Å²) in [5.41, 5.74) is -2.89. The number of esters is 1. The van der Waals surface area contributed by atoms with Crippen LogP contribution < -0.4 is 29.1 Å². The third-order valence-corrected chi connectivity index (χ3v) is 7.24. The maximum atomic E-state index is 13.3. The fourth-order valence-corrected chi connectivity index (χ4v) is 4.97. The summed E-state index contributed by atoms with van der Waals surface area (Å²) >= 11 is 0. The molecule has 7 N–H and O–H groups in total. The van der Waals surface area contributed by atoms with Gasteiger partial charge in [-0.05, 0) is 25.1 Å². The maximum absolute atomic E-state index is 13.3. The van der Waals surface area contributed by atoms with Crippen LogP contribution >= 0.6 is 0 Å². The zero-order chi connectivity index (χ0) is 34.8. The molecule has 3 aromatic rings. The Morgan fingerprint density at radius 3 is 2.19 bits per heavy atom. The number of carboxylic acids is 1. The summed E-state index contributed by atoms with van der Waals surface area (Å²) in [6.45, 7) is 0.452. The second-order valence-electron chi connectivity index (χ2n) is 10.8. The molecule has 1 saturated heterocycles. The van der Waals surface area contributed by atoms with Gasteiger partial charge in [-0.1, -0.05) is 0 Å². The van der Waals surface area contributed by atoms with Crippen molar-refractivity contribution in [2.45, 2.75) is 56.1 Å². The predicted molar refractivity (Wildman–Crippen MR) is 157 cm³/mol. The largest absolute Gasteiger partial charge is 0.504 e. The van der Waals surface area contributed by atoms with Gasteiger partial charge in [-0.3, -0.25) is 14.4 Å². The van der Waals surface area contributed by atoms with Gasteiger partial charge in [-0.2, -0.15) is 0 Å². The number of hydrogen-bond donors (Lipinski definition) is 7. The number of carbonyl (C=O) groups is 2. The van der Waals surface area contributed by atoms with E-state index in [-0.39, 0.29) is 34.2 Å². The molecule has 17 heteroatoms. The first-order chi connectivity index (χ1) is 22.2. The van der Waals surface area contributed by atoms with Crippen LogP contribution in [-0.2, 0) is 14.3 Å². The van der Waals surface area contributed by atoms with Gasteiger partial charge < -0.3 is 68.6 Å². The topological polar surface area (TPSA) is 261 Å². The van der Waals surface area contributed by atoms with Crippen LogP contribution in [0.5, 0.6) is 34.5 Å². The number of rotatable bonds is 12. The fourth-order valence-electron chi connectivity index (χ4n) is 4.97. The van der Waals surface area contributed by atoms with Crippen LogP contribution in [0.3, 0.4) is 0 Å². The molecule has 256 valence electrons. The number of aliphatic hydroxyl groups excluding tert-OH is 4. The van der Waals surface area contributed by atoms with Gasteiger partial charge in [0.15, 0.2) is 28.3 Å². The molecule has 2 heterocycles. The fraction of sp³-hybridized carbons (Fsp3) is 0.433. The van der Waals surface area contributed by atoms with Gasteiger partial charge >= 0.3 is 11.9 Å². The van der Waals surface area contributed by atoms with E-state index in [1.165, 1.54) is 25.3 Å². The lowest BCUT2D eigenvalue weighted by atomic mass is 9.98. The molecule has 0 saturated carbocycles. The van der Waals surface area contributed by atoms with Crippen molar-refractivity contribution in [3.63, 3.8) is 0 Å². The number of phenolic OH excluding ortho intramolecular Hbond substituents is 1. The quantitative estimate of drug-likeness (QED) is 0.0982. The molecule has 4 rings (SSSR count). The first kappa shape index (κ1) is 35.2. The zero-order valence-corrected chi connectivity index (χ0v) is 25.5. The Hall–Kier alpha value is -4.65. The van der Waals surface area contributed by atoms with Crippen molar-refractivity contribution in [1.29, 1.82) is 0 Å². The number of carbonyl (C=O) groups excluding carboxylic acids is 1. The Kier molecular flexibility index (Phi) is 10.5. The minimum absolute atomic E-state index is 0.00310. The zero-order valence-electron chi connectivity index (χ0n) is 25.5. The average molecular weight is 667 g/mol. The first-order valence-corrected chi connectivity index (χ1v) is 13.9. The van der Waals surface area contributed by atoms with Crippen molar-refractivity contribution in [1.82, 2.24) is 0 Å². The van der Waals surface area contributed by atoms with Crippen LogP contribution in [0.1, 0.15) is 19.8 Å². The molecule has 1 aromatic heterocycles. The van der Waals surface area contributed by atoms with E-state index in [2.05, 4.69) is 0 Å². The third kappa shape index (κ3) is 7.19. The van der Waals surface area contributed by atoms with Gasteiger partial charge in [0.05, 0.1) is 46.4 Å². The highest BCUT2D eigenvalue weighted by Crippen LogP contribution is 2.50. The number of fused-ring (bicyclic) bond motifs is 1. The number of hydrogen-bond acceptors (Lipinski definition) is 16. The lowest BCUT2D eigenvalue weighted by molar-refractivity contribution is -0.277. The lowest BCUT2D eigenvalue weighted by Crippen LogP contribution is -2.60. The lowest BCUT2D eigenvalue weighted by Gasteiger charge is -2.39. The van der Waals surface area contributed by atoms with Crippen molar-refractivity contribution >= 4 is 22.9 Å². The van der Waals surface area contributed by atoms with Crippen molar-refractivity contribution < 1.29 is 78.2 Å². The SMILES string of the molecule is COc1cc(-c2cc(=O)c3c(O)c(OC)c(OC(=O)CC(C)(O)CC(=O)O)c(OC)c3o2)ccc1OC1OC(CO)C(O)C(O)C1O. The molecule has 0 amide bonds. The van der Waals surface area contributed by atoms with Gasteiger partial charge in [-0.25, -0.2) is 0 Å². The molecule has 1 fully saturated rings. The van der Waals surface area contributed by atoms with E-state index >= 15 is 0 Å². The Morgan fingerprint density at radius 1 is 0.915 bits per heavy atom. The number of phenols is 1. The van der Waals surface area contributed by atoms with Gasteiger partial charge in [0, 0.05) is 11.6 Å². The van der Waals surface area contributed by atoms with E-state index in [1.54, 1.807) is 0 Å². The summed E-state index contributed by atoms with van der Waals surface area (Å²) in [5.74, 6) is -4.64. The van der Waals surface area contributed by atoms with E-state index in [0.29, 0.717) is 0 Å². The molecule has 47 heavy (non-hydrogen) atoms. The number of benzene rings is 2. The van der Waals surface area contributed by atoms with Crippen molar-refractivity contribution in [2.24, 2.45) is 0 Å². The van der Waals surface area contributed by atoms with E-state index < -0.39 is 95.8 Å². The van der Waals surface area contributed by atoms with Crippen LogP contribution in [0, 0.1) is 0 Å². The van der Waals surface area contributed by atoms with Crippen molar-refractivity contribution in [3.8, 4) is 45.8 Å². The summed E-state index contributed by atoms with van der Waals surface area (Å²) in [4.78, 5) is 37.1. The van der Waals surface area contributed by atoms with Crippen LogP contribution in [0.25, 0.3) is 22.3 Å². The second kappa shape index (κ2) is 14.0. The highest BCUT2D eigenvalue weighted by molar-refractivity contribution is 5.96. The second-order valence-corrected chi connectivity index (χ2v) is 10.8. The number of aromatic hydroxyl groups is 1. The van der Waals surface area contributed by atoms with Crippen LogP contribution in [-0.4, -0.2) is 112 Å². The Morgan fingerprint density at radius 2 is 1.60 bits per heavy atom. The van der Waals surface area contributed by atoms with E-state index in [1.807, 2.05) is 0 Å². The molecule has 0 radical (unpaired) electrons. The molecule has 6 atom stereocenters. The Balaban J connectivity index is 1.75. The van der Waals surface area contributed by atoms with E-state index in [9.17, 15) is 45.0 Å². The third-order valence-electron chi connectivity index (χ3n) is 7.24. The van der Waals surface area contributed by atoms with Crippen LogP contribution in [0.4, 0.5) is 0 Å². The molecule has 0 spiro atoms. The molecule has 1 aliphatic heterocycles. The highest BCUT2D eigenvalue weighted by Gasteiger charge is 2.45. The number of methoxy groups -OCH3 is 3. The van der Waals surface area contributed by atoms with Gasteiger partial charge in [-0.15, -0.1) is 0 Å². The molecule has 0 aliphatic carbocycles. The summed E-state index contributed by atoms with van der Waals surface area (Å²) < 4.78 is 38.3. The summed E-state index contributed by atoms with van der Waals surface area (Å²) in [5, 5.41) is 69.8. The van der Waals surface area contributed by atoms with Crippen LogP contribution in [0.2, 0.25) is 0 Å². The standard InChI is InChI=1S/C30H34O17/c1-30(40,9-18(33)34)10-19(35)47-28-26(42-3)22(37)20-13(32)8-15(44-25(20)27(28)43-4)12-5-6-14(16(7-12)41-2)45-29-24(39)23(38)21(36)17(11-31)46-29/h5-8,17,21,23-24,29,31,36-40H,9-11H2,1-4H3,(H,33,34). The maximum Gasteiger partial charge on any atom is 0.314 e. The molecule has 0 bridgehead atoms. The van der Waals surface area contributed by atoms with Crippen molar-refractivity contribution in [3.05, 3.63) is 34.5 Å². The smallest absolute Gasteiger partial charge is 0.314 e. The molecule has 1 aliphatic rings. The normalized spacial score (nSPS) is 22.3. The molecular formula is C30H34O17. The van der Waals surface area contributed by atoms with Crippen LogP contribution in [0.15, 0.2) is 33.5 Å². The van der Waals surface area contributed by atoms with Crippen molar-refractivity contribution in [2.75, 3.05) is 27.9 Å². The monoisotopic (exact) mass is 666 g/mol. The molecule has 17 nitrogen and oxygen atoms in total. The number of aliphatic carboxylic acids is 1.